The molecule has 21 heavy (non-hydrogen) atoms. The smallest absolute Gasteiger partial charge is 0.401 e. The normalized spacial score (nSPS) is 17.0. The van der Waals surface area contributed by atoms with Crippen molar-refractivity contribution in [1.82, 2.24) is 15.1 Å². The zero-order chi connectivity index (χ0) is 16.0. The van der Waals surface area contributed by atoms with Crippen LogP contribution in [0.5, 0.6) is 0 Å². The van der Waals surface area contributed by atoms with Gasteiger partial charge in [0.25, 0.3) is 5.91 Å². The minimum Gasteiger partial charge on any atom is -0.478 e. The van der Waals surface area contributed by atoms with Crippen molar-refractivity contribution in [3.8, 4) is 0 Å². The molecule has 1 aliphatic rings. The molecule has 1 aliphatic heterocycles. The molecule has 0 spiro atoms. The zero-order valence-corrected chi connectivity index (χ0v) is 10.9. The van der Waals surface area contributed by atoms with E-state index in [0.29, 0.717) is 12.2 Å². The van der Waals surface area contributed by atoms with Crippen LogP contribution in [0.25, 0.3) is 0 Å². The van der Waals surface area contributed by atoms with E-state index >= 15 is 0 Å². The number of hydrogen-bond acceptors (Lipinski definition) is 4. The predicted octanol–water partition coefficient (Wildman–Crippen LogP) is 0.0433. The third-order valence-electron chi connectivity index (χ3n) is 2.67. The molecule has 1 fully saturated rings. The topological polar surface area (TPSA) is 89.9 Å². The zero-order valence-electron chi connectivity index (χ0n) is 10.9. The van der Waals surface area contributed by atoms with Gasteiger partial charge in [-0.2, -0.15) is 13.2 Å². The van der Waals surface area contributed by atoms with E-state index in [1.165, 1.54) is 4.90 Å². The summed E-state index contributed by atoms with van der Waals surface area (Å²) in [4.78, 5) is 35.3. The molecule has 0 aromatic rings. The Kier molecular flexibility index (Phi) is 5.70. The number of nitrogens with one attached hydrogen (secondary N) is 1. The van der Waals surface area contributed by atoms with Gasteiger partial charge in [0, 0.05) is 38.3 Å². The second-order valence-corrected chi connectivity index (χ2v) is 4.34. The first-order chi connectivity index (χ1) is 9.67. The monoisotopic (exact) mass is 309 g/mol. The van der Waals surface area contributed by atoms with E-state index in [0.717, 1.165) is 4.90 Å². The number of carboxylic acids is 1. The summed E-state index contributed by atoms with van der Waals surface area (Å²) in [6, 6.07) is -0.762. The third kappa shape index (κ3) is 6.75. The fourth-order valence-electron chi connectivity index (χ4n) is 1.74. The molecule has 0 aromatic heterocycles. The lowest BCUT2D eigenvalue weighted by molar-refractivity contribution is -0.148. The van der Waals surface area contributed by atoms with E-state index in [-0.39, 0.29) is 26.2 Å². The van der Waals surface area contributed by atoms with Crippen molar-refractivity contribution in [2.75, 3.05) is 32.7 Å². The van der Waals surface area contributed by atoms with E-state index in [4.69, 9.17) is 5.11 Å². The first-order valence-corrected chi connectivity index (χ1v) is 5.97. The molecule has 2 N–H and O–H groups in total. The van der Waals surface area contributed by atoms with E-state index in [1.54, 1.807) is 0 Å². The quantitative estimate of drug-likeness (QED) is 0.719. The molecule has 0 atom stereocenters. The summed E-state index contributed by atoms with van der Waals surface area (Å²) in [6.07, 6.45) is -3.04. The molecule has 7 nitrogen and oxygen atoms in total. The lowest BCUT2D eigenvalue weighted by Gasteiger charge is -2.34. The summed E-state index contributed by atoms with van der Waals surface area (Å²) in [5.74, 6) is -2.24. The molecule has 0 saturated carbocycles. The number of urea groups is 1. The summed E-state index contributed by atoms with van der Waals surface area (Å²) >= 11 is 0. The predicted molar refractivity (Wildman–Crippen MR) is 64.4 cm³/mol. The summed E-state index contributed by atoms with van der Waals surface area (Å²) in [5, 5.41) is 10.2. The van der Waals surface area contributed by atoms with Crippen LogP contribution in [0.15, 0.2) is 12.2 Å². The maximum Gasteiger partial charge on any atom is 0.401 e. The third-order valence-corrected chi connectivity index (χ3v) is 2.67. The summed E-state index contributed by atoms with van der Waals surface area (Å²) in [7, 11) is 0. The van der Waals surface area contributed by atoms with Crippen LogP contribution in [0, 0.1) is 0 Å². The molecule has 1 saturated heterocycles. The van der Waals surface area contributed by atoms with Gasteiger partial charge in [0.2, 0.25) is 0 Å². The van der Waals surface area contributed by atoms with Crippen molar-refractivity contribution in [2.45, 2.75) is 6.18 Å². The first-order valence-electron chi connectivity index (χ1n) is 5.97. The van der Waals surface area contributed by atoms with Gasteiger partial charge in [-0.3, -0.25) is 15.0 Å². The highest BCUT2D eigenvalue weighted by Crippen LogP contribution is 2.17. The lowest BCUT2D eigenvalue weighted by atomic mass is 10.3. The number of carboxylic acid groups (broad SMARTS) is 1. The molecule has 0 radical (unpaired) electrons. The fraction of sp³-hybridized carbons (Fsp3) is 0.545. The van der Waals surface area contributed by atoms with Crippen LogP contribution in [0.1, 0.15) is 0 Å². The van der Waals surface area contributed by atoms with Crippen molar-refractivity contribution in [3.63, 3.8) is 0 Å². The minimum atomic E-state index is -4.29. The number of aliphatic carboxylic acids is 1. The van der Waals surface area contributed by atoms with E-state index in [1.807, 2.05) is 5.32 Å². The SMILES string of the molecule is O=C(O)C=CC(=O)NC(=O)N1CCN(CC(F)(F)F)CC1. The summed E-state index contributed by atoms with van der Waals surface area (Å²) in [6.45, 7) is -0.837. The van der Waals surface area contributed by atoms with Gasteiger partial charge in [-0.25, -0.2) is 9.59 Å². The number of piperazine rings is 1. The number of halogens is 3. The molecule has 0 aromatic carbocycles. The maximum atomic E-state index is 12.2. The highest BCUT2D eigenvalue weighted by Gasteiger charge is 2.32. The molecule has 10 heteroatoms. The van der Waals surface area contributed by atoms with Gasteiger partial charge in [-0.05, 0) is 0 Å². The van der Waals surface area contributed by atoms with Crippen LogP contribution in [-0.2, 0) is 9.59 Å². The number of amides is 3. The van der Waals surface area contributed by atoms with Crippen LogP contribution in [0.3, 0.4) is 0 Å². The first kappa shape index (κ1) is 17.0. The van der Waals surface area contributed by atoms with E-state index < -0.39 is 30.6 Å². The Hall–Kier alpha value is -2.10. The lowest BCUT2D eigenvalue weighted by Crippen LogP contribution is -2.54. The second kappa shape index (κ2) is 7.07. The molecule has 0 bridgehead atoms. The molecule has 3 amide bonds. The van der Waals surface area contributed by atoms with E-state index in [2.05, 4.69) is 0 Å². The fourth-order valence-corrected chi connectivity index (χ4v) is 1.74. The van der Waals surface area contributed by atoms with Crippen LogP contribution in [0.2, 0.25) is 0 Å². The number of nitrogens with zero attached hydrogens (tertiary/aromatic N) is 2. The Morgan fingerprint density at radius 1 is 1.10 bits per heavy atom. The van der Waals surface area contributed by atoms with Gasteiger partial charge >= 0.3 is 18.2 Å². The van der Waals surface area contributed by atoms with Crippen molar-refractivity contribution in [3.05, 3.63) is 12.2 Å². The number of rotatable bonds is 3. The van der Waals surface area contributed by atoms with Crippen LogP contribution in [-0.4, -0.2) is 71.7 Å². The highest BCUT2D eigenvalue weighted by molar-refractivity contribution is 6.02. The van der Waals surface area contributed by atoms with Gasteiger partial charge in [-0.15, -0.1) is 0 Å². The molecule has 118 valence electrons. The summed E-state index contributed by atoms with van der Waals surface area (Å²) in [5.41, 5.74) is 0. The van der Waals surface area contributed by atoms with Crippen LogP contribution in [0.4, 0.5) is 18.0 Å². The molecule has 0 unspecified atom stereocenters. The van der Waals surface area contributed by atoms with Gasteiger partial charge in [-0.1, -0.05) is 0 Å². The van der Waals surface area contributed by atoms with Crippen molar-refractivity contribution >= 4 is 17.9 Å². The minimum absolute atomic E-state index is 0.0477. The summed E-state index contributed by atoms with van der Waals surface area (Å²) < 4.78 is 36.5. The largest absolute Gasteiger partial charge is 0.478 e. The molecular weight excluding hydrogens is 295 g/mol. The highest BCUT2D eigenvalue weighted by atomic mass is 19.4. The Labute approximate surface area is 118 Å². The van der Waals surface area contributed by atoms with Crippen LogP contribution >= 0.6 is 0 Å². The molecular formula is C11H14F3N3O4. The second-order valence-electron chi connectivity index (χ2n) is 4.34. The van der Waals surface area contributed by atoms with Crippen molar-refractivity contribution in [1.29, 1.82) is 0 Å². The van der Waals surface area contributed by atoms with Crippen molar-refractivity contribution in [2.24, 2.45) is 0 Å². The maximum absolute atomic E-state index is 12.2. The average Bonchev–Trinajstić information content (AvgIpc) is 2.35. The van der Waals surface area contributed by atoms with Crippen LogP contribution < -0.4 is 5.32 Å². The Morgan fingerprint density at radius 3 is 2.14 bits per heavy atom. The number of carbonyl (C=O) groups excluding carboxylic acids is 2. The van der Waals surface area contributed by atoms with Gasteiger partial charge in [0.1, 0.15) is 0 Å². The number of carbonyl (C=O) groups is 3. The number of hydrogen-bond donors (Lipinski definition) is 2. The van der Waals surface area contributed by atoms with Gasteiger partial charge < -0.3 is 10.0 Å². The molecule has 1 rings (SSSR count). The van der Waals surface area contributed by atoms with E-state index in [9.17, 15) is 27.6 Å². The Bertz CT molecular complexity index is 442. The number of alkyl halides is 3. The Balaban J connectivity index is 2.38. The standard InChI is InChI=1S/C11H14F3N3O4/c12-11(13,14)7-16-3-5-17(6-4-16)10(21)15-8(18)1-2-9(19)20/h1-2H,3-7H2,(H,19,20)(H,15,18,21). The molecule has 0 aliphatic carbocycles. The average molecular weight is 309 g/mol. The van der Waals surface area contributed by atoms with Crippen molar-refractivity contribution < 1.29 is 32.7 Å². The Morgan fingerprint density at radius 2 is 1.67 bits per heavy atom. The van der Waals surface area contributed by atoms with Gasteiger partial charge in [0.15, 0.2) is 0 Å². The van der Waals surface area contributed by atoms with Gasteiger partial charge in [0.05, 0.1) is 6.54 Å². The number of imide groups is 1. The molecule has 1 heterocycles.